The zero-order valence-electron chi connectivity index (χ0n) is 17.3. The second-order valence-electron chi connectivity index (χ2n) is 7.29. The van der Waals surface area contributed by atoms with Gasteiger partial charge in [-0.15, -0.1) is 0 Å². The Bertz CT molecular complexity index is 886. The van der Waals surface area contributed by atoms with Crippen LogP contribution >= 0.6 is 0 Å². The van der Waals surface area contributed by atoms with E-state index in [1.807, 2.05) is 37.3 Å². The number of aromatic nitrogens is 1. The van der Waals surface area contributed by atoms with Crippen LogP contribution < -0.4 is 15.6 Å². The van der Waals surface area contributed by atoms with Gasteiger partial charge in [-0.3, -0.25) is 14.5 Å². The molecule has 0 radical (unpaired) electrons. The van der Waals surface area contributed by atoms with Crippen molar-refractivity contribution in [2.24, 2.45) is 0 Å². The summed E-state index contributed by atoms with van der Waals surface area (Å²) < 4.78 is 12.1. The summed E-state index contributed by atoms with van der Waals surface area (Å²) in [6, 6.07) is 9.11. The molecule has 0 spiro atoms. The highest BCUT2D eigenvalue weighted by molar-refractivity contribution is 5.95. The molecule has 0 aliphatic carbocycles. The second kappa shape index (κ2) is 9.71. The summed E-state index contributed by atoms with van der Waals surface area (Å²) in [5.74, 6) is 0.408. The zero-order valence-corrected chi connectivity index (χ0v) is 17.3. The van der Waals surface area contributed by atoms with E-state index in [4.69, 9.17) is 9.47 Å². The summed E-state index contributed by atoms with van der Waals surface area (Å²) in [6.07, 6.45) is 1.77. The highest BCUT2D eigenvalue weighted by atomic mass is 16.5. The first kappa shape index (κ1) is 21.1. The van der Waals surface area contributed by atoms with Crippen molar-refractivity contribution in [3.8, 4) is 5.75 Å². The summed E-state index contributed by atoms with van der Waals surface area (Å²) in [5, 5.41) is 2.94. The standard InChI is InChI=1S/C22H29N3O4/c1-16-8-9-25(11-10-24-12-14-29-15-13-24)22(27)20(16)21(26)23-17(2)18-4-6-19(28-3)7-5-18/h4-9,17H,10-15H2,1-3H3,(H,23,26)/t17-/m1/s1. The normalized spacial score (nSPS) is 15.7. The Labute approximate surface area is 171 Å². The monoisotopic (exact) mass is 399 g/mol. The third-order valence-corrected chi connectivity index (χ3v) is 5.32. The van der Waals surface area contributed by atoms with Crippen molar-refractivity contribution in [2.75, 3.05) is 40.0 Å². The van der Waals surface area contributed by atoms with Gasteiger partial charge in [0.15, 0.2) is 0 Å². The largest absolute Gasteiger partial charge is 0.497 e. The minimum Gasteiger partial charge on any atom is -0.497 e. The number of rotatable bonds is 7. The lowest BCUT2D eigenvalue weighted by molar-refractivity contribution is 0.0362. The highest BCUT2D eigenvalue weighted by Crippen LogP contribution is 2.17. The van der Waals surface area contributed by atoms with Crippen LogP contribution in [0, 0.1) is 6.92 Å². The molecule has 1 atom stereocenters. The molecule has 1 aliphatic heterocycles. The molecule has 1 N–H and O–H groups in total. The van der Waals surface area contributed by atoms with E-state index < -0.39 is 0 Å². The Hall–Kier alpha value is -2.64. The molecule has 7 nitrogen and oxygen atoms in total. The first-order valence-corrected chi connectivity index (χ1v) is 9.94. The second-order valence-corrected chi connectivity index (χ2v) is 7.29. The Kier molecular flexibility index (Phi) is 7.06. The van der Waals surface area contributed by atoms with Crippen LogP contribution in [0.3, 0.4) is 0 Å². The number of carbonyl (C=O) groups excluding carboxylic acids is 1. The molecular weight excluding hydrogens is 370 g/mol. The van der Waals surface area contributed by atoms with E-state index in [-0.39, 0.29) is 23.1 Å². The Morgan fingerprint density at radius 1 is 1.17 bits per heavy atom. The Morgan fingerprint density at radius 2 is 1.86 bits per heavy atom. The van der Waals surface area contributed by atoms with Crippen LogP contribution in [0.15, 0.2) is 41.3 Å². The van der Waals surface area contributed by atoms with Gasteiger partial charge in [0.05, 0.1) is 26.4 Å². The fraction of sp³-hybridized carbons (Fsp3) is 0.455. The zero-order chi connectivity index (χ0) is 20.8. The van der Waals surface area contributed by atoms with E-state index in [0.717, 1.165) is 44.2 Å². The molecule has 1 aromatic heterocycles. The van der Waals surface area contributed by atoms with Gasteiger partial charge in [0.2, 0.25) is 0 Å². The predicted octanol–water partition coefficient (Wildman–Crippen LogP) is 1.99. The van der Waals surface area contributed by atoms with E-state index in [0.29, 0.717) is 12.1 Å². The summed E-state index contributed by atoms with van der Waals surface area (Å²) in [5.41, 5.74) is 1.57. The van der Waals surface area contributed by atoms with Crippen molar-refractivity contribution in [1.82, 2.24) is 14.8 Å². The highest BCUT2D eigenvalue weighted by Gasteiger charge is 2.19. The van der Waals surface area contributed by atoms with Crippen LogP contribution in [-0.4, -0.2) is 55.3 Å². The summed E-state index contributed by atoms with van der Waals surface area (Å²) >= 11 is 0. The van der Waals surface area contributed by atoms with E-state index >= 15 is 0 Å². The molecule has 1 aliphatic rings. The number of hydrogen-bond acceptors (Lipinski definition) is 5. The minimum absolute atomic E-state index is 0.204. The number of morpholine rings is 1. The van der Waals surface area contributed by atoms with Gasteiger partial charge < -0.3 is 19.4 Å². The van der Waals surface area contributed by atoms with Crippen LogP contribution in [-0.2, 0) is 11.3 Å². The minimum atomic E-state index is -0.350. The van der Waals surface area contributed by atoms with Gasteiger partial charge >= 0.3 is 0 Å². The predicted molar refractivity (Wildman–Crippen MR) is 112 cm³/mol. The SMILES string of the molecule is COc1ccc([C@@H](C)NC(=O)c2c(C)ccn(CCN3CCOCC3)c2=O)cc1. The topological polar surface area (TPSA) is 72.8 Å². The maximum absolute atomic E-state index is 12.9. The Balaban J connectivity index is 1.70. The summed E-state index contributed by atoms with van der Waals surface area (Å²) in [7, 11) is 1.61. The van der Waals surface area contributed by atoms with Crippen molar-refractivity contribution in [2.45, 2.75) is 26.4 Å². The van der Waals surface area contributed by atoms with Crippen molar-refractivity contribution in [1.29, 1.82) is 0 Å². The number of methoxy groups -OCH3 is 1. The molecule has 3 rings (SSSR count). The molecule has 2 aromatic rings. The van der Waals surface area contributed by atoms with E-state index in [9.17, 15) is 9.59 Å². The number of pyridine rings is 1. The first-order chi connectivity index (χ1) is 14.0. The molecule has 7 heteroatoms. The number of nitrogens with zero attached hydrogens (tertiary/aromatic N) is 2. The molecule has 0 unspecified atom stereocenters. The van der Waals surface area contributed by atoms with Gasteiger partial charge in [-0.05, 0) is 43.2 Å². The van der Waals surface area contributed by atoms with Crippen molar-refractivity contribution < 1.29 is 14.3 Å². The molecule has 1 saturated heterocycles. The van der Waals surface area contributed by atoms with Gasteiger partial charge in [-0.2, -0.15) is 0 Å². The maximum atomic E-state index is 12.9. The molecule has 1 amide bonds. The summed E-state index contributed by atoms with van der Waals surface area (Å²) in [6.45, 7) is 8.18. The lowest BCUT2D eigenvalue weighted by atomic mass is 10.1. The maximum Gasteiger partial charge on any atom is 0.263 e. The van der Waals surface area contributed by atoms with E-state index in [1.54, 1.807) is 24.8 Å². The molecule has 2 heterocycles. The van der Waals surface area contributed by atoms with Crippen molar-refractivity contribution in [3.63, 3.8) is 0 Å². The molecule has 156 valence electrons. The number of amides is 1. The number of hydrogen-bond donors (Lipinski definition) is 1. The fourth-order valence-electron chi connectivity index (χ4n) is 3.44. The lowest BCUT2D eigenvalue weighted by Gasteiger charge is -2.26. The molecule has 0 saturated carbocycles. The van der Waals surface area contributed by atoms with Crippen LogP contribution in [0.25, 0.3) is 0 Å². The number of benzene rings is 1. The third kappa shape index (κ3) is 5.25. The first-order valence-electron chi connectivity index (χ1n) is 9.94. The molecule has 29 heavy (non-hydrogen) atoms. The van der Waals surface area contributed by atoms with Crippen LogP contribution in [0.4, 0.5) is 0 Å². The van der Waals surface area contributed by atoms with Crippen LogP contribution in [0.5, 0.6) is 5.75 Å². The third-order valence-electron chi connectivity index (χ3n) is 5.32. The average molecular weight is 399 g/mol. The van der Waals surface area contributed by atoms with E-state index in [1.165, 1.54) is 0 Å². The van der Waals surface area contributed by atoms with E-state index in [2.05, 4.69) is 10.2 Å². The smallest absolute Gasteiger partial charge is 0.263 e. The van der Waals surface area contributed by atoms with Gasteiger partial charge in [0.1, 0.15) is 11.3 Å². The lowest BCUT2D eigenvalue weighted by Crippen LogP contribution is -2.40. The van der Waals surface area contributed by atoms with Crippen LogP contribution in [0.1, 0.15) is 34.5 Å². The molecule has 1 aromatic carbocycles. The Morgan fingerprint density at radius 3 is 2.52 bits per heavy atom. The molecule has 1 fully saturated rings. The summed E-state index contributed by atoms with van der Waals surface area (Å²) in [4.78, 5) is 28.1. The number of carbonyl (C=O) groups is 1. The average Bonchev–Trinajstić information content (AvgIpc) is 2.74. The molecule has 0 bridgehead atoms. The van der Waals surface area contributed by atoms with Crippen LogP contribution in [0.2, 0.25) is 0 Å². The molecular formula is C22H29N3O4. The van der Waals surface area contributed by atoms with Gasteiger partial charge in [0, 0.05) is 32.4 Å². The quantitative estimate of drug-likeness (QED) is 0.771. The number of nitrogens with one attached hydrogen (secondary N) is 1. The number of ether oxygens (including phenoxy) is 2. The van der Waals surface area contributed by atoms with Gasteiger partial charge in [-0.25, -0.2) is 0 Å². The number of aryl methyl sites for hydroxylation is 1. The van der Waals surface area contributed by atoms with Gasteiger partial charge in [0.25, 0.3) is 11.5 Å². The van der Waals surface area contributed by atoms with Crippen molar-refractivity contribution >= 4 is 5.91 Å². The fourth-order valence-corrected chi connectivity index (χ4v) is 3.44. The van der Waals surface area contributed by atoms with Gasteiger partial charge in [-0.1, -0.05) is 12.1 Å². The van der Waals surface area contributed by atoms with Crippen molar-refractivity contribution in [3.05, 3.63) is 63.6 Å².